The lowest BCUT2D eigenvalue weighted by atomic mass is 9.94. The molecular formula is C20H23FN4O. The van der Waals surface area contributed by atoms with Gasteiger partial charge in [-0.1, -0.05) is 0 Å². The van der Waals surface area contributed by atoms with Crippen LogP contribution in [0.15, 0.2) is 42.7 Å². The molecule has 0 saturated carbocycles. The Labute approximate surface area is 152 Å². The van der Waals surface area contributed by atoms with Gasteiger partial charge in [0.25, 0.3) is 0 Å². The fourth-order valence-corrected chi connectivity index (χ4v) is 3.54. The molecule has 136 valence electrons. The third kappa shape index (κ3) is 3.36. The number of piperidine rings is 1. The summed E-state index contributed by atoms with van der Waals surface area (Å²) in [4.78, 5) is 11.7. The molecule has 6 heteroatoms. The highest BCUT2D eigenvalue weighted by Crippen LogP contribution is 2.26. The van der Waals surface area contributed by atoms with Crippen LogP contribution < -0.4 is 9.64 Å². The van der Waals surface area contributed by atoms with Gasteiger partial charge in [0.2, 0.25) is 5.78 Å². The third-order valence-corrected chi connectivity index (χ3v) is 5.15. The molecule has 1 fully saturated rings. The van der Waals surface area contributed by atoms with Crippen LogP contribution in [-0.4, -0.2) is 41.2 Å². The molecule has 5 nitrogen and oxygen atoms in total. The van der Waals surface area contributed by atoms with Gasteiger partial charge in [-0.25, -0.2) is 4.98 Å². The maximum atomic E-state index is 12.5. The minimum atomic E-state index is -0.211. The molecule has 0 N–H and O–H groups in total. The van der Waals surface area contributed by atoms with Crippen molar-refractivity contribution in [1.29, 1.82) is 0 Å². The highest BCUT2D eigenvalue weighted by Gasteiger charge is 2.20. The van der Waals surface area contributed by atoms with Crippen LogP contribution in [0, 0.1) is 5.92 Å². The maximum absolute atomic E-state index is 12.5. The number of benzene rings is 1. The first-order valence-corrected chi connectivity index (χ1v) is 9.08. The van der Waals surface area contributed by atoms with E-state index >= 15 is 0 Å². The summed E-state index contributed by atoms with van der Waals surface area (Å²) in [6.45, 7) is 1.65. The largest absolute Gasteiger partial charge is 0.497 e. The number of halogens is 1. The van der Waals surface area contributed by atoms with E-state index in [2.05, 4.69) is 9.88 Å². The lowest BCUT2D eigenvalue weighted by Gasteiger charge is -2.32. The topological polar surface area (TPSA) is 42.7 Å². The molecule has 0 amide bonds. The first-order chi connectivity index (χ1) is 12.8. The molecule has 0 radical (unpaired) electrons. The number of hydrogen-bond donors (Lipinski definition) is 0. The van der Waals surface area contributed by atoms with Gasteiger partial charge in [-0.2, -0.15) is 4.98 Å². The maximum Gasteiger partial charge on any atom is 0.236 e. The van der Waals surface area contributed by atoms with Gasteiger partial charge in [0.1, 0.15) is 11.6 Å². The second-order valence-electron chi connectivity index (χ2n) is 6.76. The number of aromatic nitrogens is 3. The monoisotopic (exact) mass is 354 g/mol. The molecule has 2 aromatic heterocycles. The Hall–Kier alpha value is -2.63. The van der Waals surface area contributed by atoms with Crippen molar-refractivity contribution in [2.24, 2.45) is 5.92 Å². The predicted octanol–water partition coefficient (Wildman–Crippen LogP) is 3.98. The molecule has 1 aliphatic rings. The lowest BCUT2D eigenvalue weighted by molar-refractivity contribution is 0.332. The van der Waals surface area contributed by atoms with Crippen molar-refractivity contribution in [2.45, 2.75) is 19.3 Å². The summed E-state index contributed by atoms with van der Waals surface area (Å²) in [5.74, 6) is 2.98. The molecule has 1 aromatic carbocycles. The molecule has 3 heterocycles. The number of anilines is 1. The molecule has 0 bridgehead atoms. The summed E-state index contributed by atoms with van der Waals surface area (Å²) >= 11 is 0. The Kier molecular flexibility index (Phi) is 4.73. The highest BCUT2D eigenvalue weighted by molar-refractivity contribution is 5.63. The minimum absolute atomic E-state index is 0.211. The molecular weight excluding hydrogens is 331 g/mol. The van der Waals surface area contributed by atoms with Gasteiger partial charge in [-0.3, -0.25) is 8.79 Å². The standard InChI is InChI=1S/C20H23FN4O/c1-26-17-4-2-16(3-5-17)18-14-25-13-9-19(23-20(25)22-18)24-11-7-15(6-10-21)8-12-24/h2-5,9,13-15H,6-8,10-12H2,1H3. The zero-order chi connectivity index (χ0) is 17.9. The number of rotatable bonds is 5. The van der Waals surface area contributed by atoms with Crippen molar-refractivity contribution in [3.63, 3.8) is 0 Å². The Morgan fingerprint density at radius 2 is 1.88 bits per heavy atom. The number of fused-ring (bicyclic) bond motifs is 1. The van der Waals surface area contributed by atoms with Crippen molar-refractivity contribution in [1.82, 2.24) is 14.4 Å². The smallest absolute Gasteiger partial charge is 0.236 e. The Morgan fingerprint density at radius 3 is 2.58 bits per heavy atom. The number of alkyl halides is 1. The lowest BCUT2D eigenvalue weighted by Crippen LogP contribution is -2.34. The number of imidazole rings is 1. The van der Waals surface area contributed by atoms with Crippen LogP contribution in [0.5, 0.6) is 5.75 Å². The number of nitrogens with zero attached hydrogens (tertiary/aromatic N) is 4. The summed E-state index contributed by atoms with van der Waals surface area (Å²) < 4.78 is 19.7. The summed E-state index contributed by atoms with van der Waals surface area (Å²) in [6.07, 6.45) is 6.74. The van der Waals surface area contributed by atoms with Crippen molar-refractivity contribution >= 4 is 11.6 Å². The van der Waals surface area contributed by atoms with E-state index in [1.807, 2.05) is 47.1 Å². The zero-order valence-electron chi connectivity index (χ0n) is 14.9. The molecule has 1 aliphatic heterocycles. The molecule has 0 spiro atoms. The third-order valence-electron chi connectivity index (χ3n) is 5.15. The Balaban J connectivity index is 1.54. The average Bonchev–Trinajstić information content (AvgIpc) is 3.12. The summed E-state index contributed by atoms with van der Waals surface area (Å²) in [5.41, 5.74) is 1.92. The first kappa shape index (κ1) is 16.8. The highest BCUT2D eigenvalue weighted by atomic mass is 19.1. The van der Waals surface area contributed by atoms with Gasteiger partial charge in [-0.15, -0.1) is 0 Å². The number of methoxy groups -OCH3 is 1. The van der Waals surface area contributed by atoms with E-state index in [4.69, 9.17) is 9.72 Å². The molecule has 0 atom stereocenters. The molecule has 26 heavy (non-hydrogen) atoms. The molecule has 1 saturated heterocycles. The van der Waals surface area contributed by atoms with Gasteiger partial charge in [0.15, 0.2) is 0 Å². The van der Waals surface area contributed by atoms with Crippen LogP contribution >= 0.6 is 0 Å². The molecule has 0 unspecified atom stereocenters. The Morgan fingerprint density at radius 1 is 1.12 bits per heavy atom. The summed E-state index contributed by atoms with van der Waals surface area (Å²) in [7, 11) is 1.66. The molecule has 3 aromatic rings. The second kappa shape index (κ2) is 7.32. The number of ether oxygens (including phenoxy) is 1. The van der Waals surface area contributed by atoms with Crippen LogP contribution in [0.1, 0.15) is 19.3 Å². The minimum Gasteiger partial charge on any atom is -0.497 e. The Bertz CT molecular complexity index is 869. The van der Waals surface area contributed by atoms with Crippen LogP contribution in [-0.2, 0) is 0 Å². The van der Waals surface area contributed by atoms with Gasteiger partial charge < -0.3 is 9.64 Å². The van der Waals surface area contributed by atoms with Crippen LogP contribution in [0.25, 0.3) is 17.0 Å². The second-order valence-corrected chi connectivity index (χ2v) is 6.76. The van der Waals surface area contributed by atoms with Crippen molar-refractivity contribution in [2.75, 3.05) is 31.8 Å². The van der Waals surface area contributed by atoms with Crippen LogP contribution in [0.3, 0.4) is 0 Å². The first-order valence-electron chi connectivity index (χ1n) is 9.08. The van der Waals surface area contributed by atoms with E-state index in [0.717, 1.165) is 48.8 Å². The van der Waals surface area contributed by atoms with Gasteiger partial charge in [0.05, 0.1) is 19.5 Å². The summed E-state index contributed by atoms with van der Waals surface area (Å²) in [5, 5.41) is 0. The quantitative estimate of drug-likeness (QED) is 0.695. The van der Waals surface area contributed by atoms with Gasteiger partial charge in [-0.05, 0) is 55.5 Å². The van der Waals surface area contributed by atoms with Crippen LogP contribution in [0.4, 0.5) is 10.2 Å². The molecule has 4 rings (SSSR count). The zero-order valence-corrected chi connectivity index (χ0v) is 14.9. The fraction of sp³-hybridized carbons (Fsp3) is 0.400. The van der Waals surface area contributed by atoms with Gasteiger partial charge >= 0.3 is 0 Å². The van der Waals surface area contributed by atoms with E-state index in [9.17, 15) is 4.39 Å². The van der Waals surface area contributed by atoms with E-state index in [1.165, 1.54) is 0 Å². The van der Waals surface area contributed by atoms with Crippen molar-refractivity contribution < 1.29 is 9.13 Å². The molecule has 0 aliphatic carbocycles. The van der Waals surface area contributed by atoms with E-state index in [1.54, 1.807) is 7.11 Å². The average molecular weight is 354 g/mol. The normalized spacial score (nSPS) is 15.5. The van der Waals surface area contributed by atoms with Gasteiger partial charge in [0, 0.05) is 31.0 Å². The van der Waals surface area contributed by atoms with Crippen molar-refractivity contribution in [3.8, 4) is 17.0 Å². The van der Waals surface area contributed by atoms with E-state index in [-0.39, 0.29) is 6.67 Å². The van der Waals surface area contributed by atoms with Crippen molar-refractivity contribution in [3.05, 3.63) is 42.7 Å². The summed E-state index contributed by atoms with van der Waals surface area (Å²) in [6, 6.07) is 9.88. The number of hydrogen-bond acceptors (Lipinski definition) is 4. The van der Waals surface area contributed by atoms with Crippen LogP contribution in [0.2, 0.25) is 0 Å². The SMILES string of the molecule is COc1ccc(-c2cn3ccc(N4CCC(CCF)CC4)nc3n2)cc1. The van der Waals surface area contributed by atoms with E-state index < -0.39 is 0 Å². The fourth-order valence-electron chi connectivity index (χ4n) is 3.54. The van der Waals surface area contributed by atoms with E-state index in [0.29, 0.717) is 18.1 Å². The predicted molar refractivity (Wildman–Crippen MR) is 101 cm³/mol.